The number of nitrogens with zero attached hydrogens (tertiary/aromatic N) is 2. The molecule has 8 heteroatoms. The molecule has 0 radical (unpaired) electrons. The van der Waals surface area contributed by atoms with Gasteiger partial charge in [0, 0.05) is 49.9 Å². The largest absolute Gasteiger partial charge is 0.483 e. The Kier molecular flexibility index (Phi) is 8.37. The molecular weight excluding hydrogens is 380 g/mol. The number of rotatable bonds is 6. The zero-order chi connectivity index (χ0) is 20.6. The second-order valence-electron chi connectivity index (χ2n) is 6.88. The van der Waals surface area contributed by atoms with Crippen molar-refractivity contribution in [3.63, 3.8) is 0 Å². The van der Waals surface area contributed by atoms with Gasteiger partial charge in [-0.05, 0) is 30.4 Å². The molecule has 0 bridgehead atoms. The molecule has 3 rings (SSSR count). The number of carbonyl (C=O) groups is 2. The number of likely N-dealkylation sites (tertiary alicyclic amines) is 1. The SMILES string of the molecule is COCCN(C)C(=O)C1(O)CCN(Cc2cc3ccccc3s2)CC1.O=CO. The maximum atomic E-state index is 12.5. The summed E-state index contributed by atoms with van der Waals surface area (Å²) in [6.45, 7) is 3.08. The van der Waals surface area contributed by atoms with Gasteiger partial charge in [-0.3, -0.25) is 14.5 Å². The van der Waals surface area contributed by atoms with Crippen LogP contribution in [0.4, 0.5) is 0 Å². The summed E-state index contributed by atoms with van der Waals surface area (Å²) >= 11 is 1.82. The highest BCUT2D eigenvalue weighted by Gasteiger charge is 2.40. The first kappa shape index (κ1) is 22.3. The van der Waals surface area contributed by atoms with E-state index in [4.69, 9.17) is 14.6 Å². The maximum Gasteiger partial charge on any atom is 0.290 e. The van der Waals surface area contributed by atoms with Crippen LogP contribution in [0.2, 0.25) is 0 Å². The smallest absolute Gasteiger partial charge is 0.290 e. The van der Waals surface area contributed by atoms with Gasteiger partial charge in [-0.2, -0.15) is 0 Å². The van der Waals surface area contributed by atoms with Crippen molar-refractivity contribution in [1.82, 2.24) is 9.80 Å². The quantitative estimate of drug-likeness (QED) is 0.711. The third-order valence-corrected chi connectivity index (χ3v) is 6.02. The number of carboxylic acid groups (broad SMARTS) is 1. The highest BCUT2D eigenvalue weighted by atomic mass is 32.1. The van der Waals surface area contributed by atoms with Crippen molar-refractivity contribution in [2.75, 3.05) is 40.4 Å². The summed E-state index contributed by atoms with van der Waals surface area (Å²) in [4.78, 5) is 26.1. The van der Waals surface area contributed by atoms with E-state index in [2.05, 4.69) is 35.2 Å². The summed E-state index contributed by atoms with van der Waals surface area (Å²) in [7, 11) is 3.34. The number of thiophene rings is 1. The summed E-state index contributed by atoms with van der Waals surface area (Å²) < 4.78 is 6.32. The second-order valence-corrected chi connectivity index (χ2v) is 8.05. The number of ether oxygens (including phenoxy) is 1. The van der Waals surface area contributed by atoms with Crippen molar-refractivity contribution in [1.29, 1.82) is 0 Å². The summed E-state index contributed by atoms with van der Waals surface area (Å²) in [6, 6.07) is 10.6. The van der Waals surface area contributed by atoms with Crippen LogP contribution in [-0.2, 0) is 20.9 Å². The Morgan fingerprint density at radius 3 is 2.61 bits per heavy atom. The number of likely N-dealkylation sites (N-methyl/N-ethyl adjacent to an activating group) is 1. The fourth-order valence-corrected chi connectivity index (χ4v) is 4.42. The van der Waals surface area contributed by atoms with E-state index >= 15 is 0 Å². The van der Waals surface area contributed by atoms with Gasteiger partial charge in [0.2, 0.25) is 0 Å². The number of carbonyl (C=O) groups excluding carboxylic acids is 1. The minimum Gasteiger partial charge on any atom is -0.483 e. The van der Waals surface area contributed by atoms with Crippen molar-refractivity contribution < 1.29 is 24.5 Å². The van der Waals surface area contributed by atoms with Crippen molar-refractivity contribution in [3.05, 3.63) is 35.2 Å². The van der Waals surface area contributed by atoms with Crippen molar-refractivity contribution in [2.45, 2.75) is 25.0 Å². The van der Waals surface area contributed by atoms with Gasteiger partial charge < -0.3 is 19.8 Å². The zero-order valence-corrected chi connectivity index (χ0v) is 17.2. The van der Waals surface area contributed by atoms with Crippen LogP contribution in [0, 0.1) is 0 Å². The number of methoxy groups -OCH3 is 1. The molecule has 1 aliphatic rings. The van der Waals surface area contributed by atoms with E-state index in [1.807, 2.05) is 11.3 Å². The lowest BCUT2D eigenvalue weighted by Crippen LogP contribution is -2.54. The topological polar surface area (TPSA) is 90.3 Å². The van der Waals surface area contributed by atoms with E-state index in [-0.39, 0.29) is 12.4 Å². The lowest BCUT2D eigenvalue weighted by Gasteiger charge is -2.38. The molecular formula is C20H28N2O5S. The Morgan fingerprint density at radius 2 is 2.00 bits per heavy atom. The average molecular weight is 409 g/mol. The van der Waals surface area contributed by atoms with Gasteiger partial charge in [-0.1, -0.05) is 18.2 Å². The van der Waals surface area contributed by atoms with Crippen LogP contribution >= 0.6 is 11.3 Å². The Labute approximate surface area is 169 Å². The molecule has 0 spiro atoms. The third kappa shape index (κ3) is 5.75. The molecule has 2 aromatic rings. The van der Waals surface area contributed by atoms with Crippen LogP contribution in [0.5, 0.6) is 0 Å². The van der Waals surface area contributed by atoms with Crippen LogP contribution in [0.1, 0.15) is 17.7 Å². The standard InChI is InChI=1S/C19H26N2O3S.CH2O2/c1-20(11-12-24-2)18(22)19(23)7-9-21(10-8-19)14-16-13-15-5-3-4-6-17(15)25-16;2-1-3/h3-6,13,23H,7-12,14H2,1-2H3;1H,(H,2,3). The Hall–Kier alpha value is -2.00. The molecule has 7 nitrogen and oxygen atoms in total. The van der Waals surface area contributed by atoms with Crippen LogP contribution in [-0.4, -0.2) is 78.4 Å². The summed E-state index contributed by atoms with van der Waals surface area (Å²) in [6.07, 6.45) is 0.960. The molecule has 28 heavy (non-hydrogen) atoms. The van der Waals surface area contributed by atoms with E-state index in [9.17, 15) is 9.90 Å². The minimum absolute atomic E-state index is 0.189. The lowest BCUT2D eigenvalue weighted by atomic mass is 9.90. The molecule has 1 fully saturated rings. The number of piperidine rings is 1. The molecule has 2 N–H and O–H groups in total. The first-order chi connectivity index (χ1) is 13.4. The fourth-order valence-electron chi connectivity index (χ4n) is 3.32. The Balaban J connectivity index is 0.000000878. The van der Waals surface area contributed by atoms with E-state index in [0.717, 1.165) is 19.6 Å². The number of amides is 1. The molecule has 1 aromatic carbocycles. The van der Waals surface area contributed by atoms with Crippen LogP contribution in [0.25, 0.3) is 10.1 Å². The minimum atomic E-state index is -1.24. The van der Waals surface area contributed by atoms with Crippen molar-refractivity contribution in [2.24, 2.45) is 0 Å². The van der Waals surface area contributed by atoms with Crippen LogP contribution in [0.15, 0.2) is 30.3 Å². The first-order valence-corrected chi connectivity index (χ1v) is 9.99. The summed E-state index contributed by atoms with van der Waals surface area (Å²) in [5, 5.41) is 18.9. The summed E-state index contributed by atoms with van der Waals surface area (Å²) in [5.74, 6) is -0.189. The van der Waals surface area contributed by atoms with Gasteiger partial charge in [0.15, 0.2) is 0 Å². The molecule has 1 aliphatic heterocycles. The van der Waals surface area contributed by atoms with E-state index in [1.54, 1.807) is 19.1 Å². The molecule has 1 aromatic heterocycles. The normalized spacial score (nSPS) is 16.2. The van der Waals surface area contributed by atoms with E-state index in [0.29, 0.717) is 26.0 Å². The maximum absolute atomic E-state index is 12.5. The molecule has 154 valence electrons. The van der Waals surface area contributed by atoms with Crippen molar-refractivity contribution in [3.8, 4) is 0 Å². The van der Waals surface area contributed by atoms with E-state index < -0.39 is 5.60 Å². The Morgan fingerprint density at radius 1 is 1.36 bits per heavy atom. The predicted molar refractivity (Wildman–Crippen MR) is 109 cm³/mol. The Bertz CT molecular complexity index is 738. The highest BCUT2D eigenvalue weighted by molar-refractivity contribution is 7.19. The monoisotopic (exact) mass is 408 g/mol. The number of hydrogen-bond donors (Lipinski definition) is 2. The molecule has 0 saturated carbocycles. The fraction of sp³-hybridized carbons (Fsp3) is 0.500. The van der Waals surface area contributed by atoms with Crippen molar-refractivity contribution >= 4 is 33.8 Å². The molecule has 1 amide bonds. The second kappa shape index (κ2) is 10.5. The number of benzene rings is 1. The number of aliphatic hydroxyl groups is 1. The lowest BCUT2D eigenvalue weighted by molar-refractivity contribution is -0.155. The van der Waals surface area contributed by atoms with Gasteiger partial charge >= 0.3 is 0 Å². The molecule has 1 saturated heterocycles. The van der Waals surface area contributed by atoms with Gasteiger partial charge in [0.05, 0.1) is 6.61 Å². The zero-order valence-electron chi connectivity index (χ0n) is 16.3. The van der Waals surface area contributed by atoms with Gasteiger partial charge in [-0.15, -0.1) is 11.3 Å². The van der Waals surface area contributed by atoms with Gasteiger partial charge in [-0.25, -0.2) is 0 Å². The summed E-state index contributed by atoms with van der Waals surface area (Å²) in [5.41, 5.74) is -1.24. The molecule has 2 heterocycles. The molecule has 0 atom stereocenters. The average Bonchev–Trinajstić information content (AvgIpc) is 3.10. The predicted octanol–water partition coefficient (Wildman–Crippen LogP) is 2.03. The first-order valence-electron chi connectivity index (χ1n) is 9.18. The third-order valence-electron chi connectivity index (χ3n) is 4.91. The molecule has 0 unspecified atom stereocenters. The molecule has 0 aliphatic carbocycles. The number of fused-ring (bicyclic) bond motifs is 1. The highest BCUT2D eigenvalue weighted by Crippen LogP contribution is 2.29. The van der Waals surface area contributed by atoms with Gasteiger partial charge in [0.25, 0.3) is 12.4 Å². The van der Waals surface area contributed by atoms with Crippen LogP contribution < -0.4 is 0 Å². The van der Waals surface area contributed by atoms with Gasteiger partial charge in [0.1, 0.15) is 5.60 Å². The number of hydrogen-bond acceptors (Lipinski definition) is 6. The van der Waals surface area contributed by atoms with E-state index in [1.165, 1.54) is 15.0 Å². The van der Waals surface area contributed by atoms with Crippen LogP contribution in [0.3, 0.4) is 0 Å².